The van der Waals surface area contributed by atoms with Crippen LogP contribution in [0.2, 0.25) is 5.02 Å². The fraction of sp³-hybridized carbons (Fsp3) is 0.636. The fourth-order valence-corrected chi connectivity index (χ4v) is 1.51. The number of hydrogen-bond acceptors (Lipinski definition) is 5. The number of nitrogens with one attached hydrogen (secondary N) is 1. The van der Waals surface area contributed by atoms with E-state index in [1.807, 2.05) is 25.8 Å². The van der Waals surface area contributed by atoms with E-state index < -0.39 is 0 Å². The maximum atomic E-state index is 6.05. The first-order valence-corrected chi connectivity index (χ1v) is 5.95. The van der Waals surface area contributed by atoms with Gasteiger partial charge in [0.1, 0.15) is 5.02 Å². The summed E-state index contributed by atoms with van der Waals surface area (Å²) >= 11 is 6.05. The number of hydrogen-bond donors (Lipinski definition) is 1. The Hall–Kier alpha value is -1.07. The molecule has 1 rings (SSSR count). The fourth-order valence-electron chi connectivity index (χ4n) is 1.28. The molecule has 96 valence electrons. The van der Waals surface area contributed by atoms with Crippen LogP contribution in [0.1, 0.15) is 13.8 Å². The van der Waals surface area contributed by atoms with Crippen molar-refractivity contribution in [1.29, 1.82) is 0 Å². The van der Waals surface area contributed by atoms with E-state index in [0.29, 0.717) is 23.4 Å². The molecule has 1 aromatic heterocycles. The first-order chi connectivity index (χ1) is 8.04. The Morgan fingerprint density at radius 1 is 1.53 bits per heavy atom. The molecule has 0 atom stereocenters. The van der Waals surface area contributed by atoms with E-state index in [4.69, 9.17) is 16.3 Å². The summed E-state index contributed by atoms with van der Waals surface area (Å²) in [6.45, 7) is 5.40. The number of halogens is 1. The summed E-state index contributed by atoms with van der Waals surface area (Å²) in [5.41, 5.74) is 0. The summed E-state index contributed by atoms with van der Waals surface area (Å²) in [5, 5.41) is 3.42. The van der Waals surface area contributed by atoms with Gasteiger partial charge in [0.15, 0.2) is 5.82 Å². The van der Waals surface area contributed by atoms with Crippen LogP contribution in [0.3, 0.4) is 0 Å². The quantitative estimate of drug-likeness (QED) is 0.846. The largest absolute Gasteiger partial charge is 0.377 e. The van der Waals surface area contributed by atoms with Crippen LogP contribution in [0.4, 0.5) is 11.8 Å². The molecule has 0 aliphatic heterocycles. The van der Waals surface area contributed by atoms with Gasteiger partial charge in [0.25, 0.3) is 0 Å². The SMILES string of the molecule is CNc1ncc(Cl)c(N(C)CCOC(C)C)n1. The zero-order chi connectivity index (χ0) is 12.8. The third-order valence-electron chi connectivity index (χ3n) is 2.19. The molecule has 0 spiro atoms. The Morgan fingerprint density at radius 2 is 2.24 bits per heavy atom. The van der Waals surface area contributed by atoms with Gasteiger partial charge in [-0.05, 0) is 13.8 Å². The molecular formula is C11H19ClN4O. The van der Waals surface area contributed by atoms with Crippen molar-refractivity contribution in [2.24, 2.45) is 0 Å². The number of likely N-dealkylation sites (N-methyl/N-ethyl adjacent to an activating group) is 1. The molecule has 0 aliphatic carbocycles. The van der Waals surface area contributed by atoms with Gasteiger partial charge in [0.2, 0.25) is 5.95 Å². The maximum absolute atomic E-state index is 6.05. The lowest BCUT2D eigenvalue weighted by molar-refractivity contribution is 0.0845. The van der Waals surface area contributed by atoms with E-state index in [9.17, 15) is 0 Å². The Morgan fingerprint density at radius 3 is 2.82 bits per heavy atom. The summed E-state index contributed by atoms with van der Waals surface area (Å²) in [5.74, 6) is 1.26. The smallest absolute Gasteiger partial charge is 0.224 e. The molecule has 0 bridgehead atoms. The molecule has 0 aromatic carbocycles. The van der Waals surface area contributed by atoms with Gasteiger partial charge in [-0.15, -0.1) is 0 Å². The van der Waals surface area contributed by atoms with Gasteiger partial charge in [-0.3, -0.25) is 0 Å². The van der Waals surface area contributed by atoms with Crippen molar-refractivity contribution in [1.82, 2.24) is 9.97 Å². The van der Waals surface area contributed by atoms with Gasteiger partial charge in [-0.25, -0.2) is 4.98 Å². The minimum absolute atomic E-state index is 0.233. The van der Waals surface area contributed by atoms with E-state index in [0.717, 1.165) is 6.54 Å². The molecular weight excluding hydrogens is 240 g/mol. The van der Waals surface area contributed by atoms with Gasteiger partial charge in [-0.1, -0.05) is 11.6 Å². The number of nitrogens with zero attached hydrogens (tertiary/aromatic N) is 3. The second-order valence-corrected chi connectivity index (χ2v) is 4.36. The van der Waals surface area contributed by atoms with Crippen molar-refractivity contribution < 1.29 is 4.74 Å². The highest BCUT2D eigenvalue weighted by molar-refractivity contribution is 6.32. The average Bonchev–Trinajstić information content (AvgIpc) is 2.29. The van der Waals surface area contributed by atoms with Crippen LogP contribution in [0.25, 0.3) is 0 Å². The van der Waals surface area contributed by atoms with Gasteiger partial charge < -0.3 is 15.0 Å². The van der Waals surface area contributed by atoms with E-state index >= 15 is 0 Å². The first-order valence-electron chi connectivity index (χ1n) is 5.57. The summed E-state index contributed by atoms with van der Waals surface area (Å²) in [4.78, 5) is 10.3. The minimum Gasteiger partial charge on any atom is -0.377 e. The highest BCUT2D eigenvalue weighted by atomic mass is 35.5. The lowest BCUT2D eigenvalue weighted by Gasteiger charge is -2.20. The Labute approximate surface area is 107 Å². The predicted molar refractivity (Wildman–Crippen MR) is 70.9 cm³/mol. The van der Waals surface area contributed by atoms with Gasteiger partial charge in [0.05, 0.1) is 18.9 Å². The van der Waals surface area contributed by atoms with E-state index in [2.05, 4.69) is 15.3 Å². The molecule has 0 amide bonds. The predicted octanol–water partition coefficient (Wildman–Crippen LogP) is 2.03. The molecule has 0 unspecified atom stereocenters. The lowest BCUT2D eigenvalue weighted by atomic mass is 10.4. The third kappa shape index (κ3) is 4.36. The first kappa shape index (κ1) is 14.0. The Bertz CT molecular complexity index is 359. The van der Waals surface area contributed by atoms with Crippen LogP contribution in [0, 0.1) is 0 Å². The summed E-state index contributed by atoms with van der Waals surface area (Å²) in [7, 11) is 3.70. The zero-order valence-electron chi connectivity index (χ0n) is 10.7. The molecule has 0 fully saturated rings. The number of anilines is 2. The minimum atomic E-state index is 0.233. The molecule has 1 heterocycles. The number of ether oxygens (including phenoxy) is 1. The van der Waals surface area contributed by atoms with Crippen molar-refractivity contribution in [2.45, 2.75) is 20.0 Å². The highest BCUT2D eigenvalue weighted by Gasteiger charge is 2.09. The normalized spacial score (nSPS) is 10.7. The molecule has 6 heteroatoms. The van der Waals surface area contributed by atoms with Gasteiger partial charge >= 0.3 is 0 Å². The highest BCUT2D eigenvalue weighted by Crippen LogP contribution is 2.22. The molecule has 0 radical (unpaired) electrons. The second kappa shape index (κ2) is 6.61. The molecule has 0 aliphatic rings. The van der Waals surface area contributed by atoms with Crippen molar-refractivity contribution in [3.63, 3.8) is 0 Å². The second-order valence-electron chi connectivity index (χ2n) is 3.96. The van der Waals surface area contributed by atoms with Crippen LogP contribution in [0.15, 0.2) is 6.20 Å². The van der Waals surface area contributed by atoms with Gasteiger partial charge in [0, 0.05) is 20.6 Å². The molecule has 1 aromatic rings. The van der Waals surface area contributed by atoms with Gasteiger partial charge in [-0.2, -0.15) is 4.98 Å². The van der Waals surface area contributed by atoms with Crippen LogP contribution in [-0.2, 0) is 4.74 Å². The van der Waals surface area contributed by atoms with Crippen LogP contribution >= 0.6 is 11.6 Å². The molecule has 5 nitrogen and oxygen atoms in total. The van der Waals surface area contributed by atoms with Crippen molar-refractivity contribution >= 4 is 23.4 Å². The van der Waals surface area contributed by atoms with Crippen LogP contribution in [-0.4, -0.2) is 43.3 Å². The molecule has 17 heavy (non-hydrogen) atoms. The van der Waals surface area contributed by atoms with E-state index in [-0.39, 0.29) is 6.10 Å². The topological polar surface area (TPSA) is 50.3 Å². The lowest BCUT2D eigenvalue weighted by Crippen LogP contribution is -2.25. The van der Waals surface area contributed by atoms with Crippen molar-refractivity contribution in [2.75, 3.05) is 37.5 Å². The van der Waals surface area contributed by atoms with Crippen molar-refractivity contribution in [3.8, 4) is 0 Å². The average molecular weight is 259 g/mol. The molecule has 1 N–H and O–H groups in total. The van der Waals surface area contributed by atoms with Crippen LogP contribution in [0.5, 0.6) is 0 Å². The standard InChI is InChI=1S/C11H19ClN4O/c1-8(2)17-6-5-16(4)10-9(12)7-14-11(13-3)15-10/h7-8H,5-6H2,1-4H3,(H,13,14,15). The maximum Gasteiger partial charge on any atom is 0.224 e. The monoisotopic (exact) mass is 258 g/mol. The summed E-state index contributed by atoms with van der Waals surface area (Å²) < 4.78 is 5.49. The van der Waals surface area contributed by atoms with Crippen molar-refractivity contribution in [3.05, 3.63) is 11.2 Å². The zero-order valence-corrected chi connectivity index (χ0v) is 11.5. The van der Waals surface area contributed by atoms with E-state index in [1.54, 1.807) is 13.2 Å². The Balaban J connectivity index is 2.64. The number of rotatable bonds is 6. The third-order valence-corrected chi connectivity index (χ3v) is 2.46. The number of aromatic nitrogens is 2. The molecule has 0 saturated carbocycles. The summed E-state index contributed by atoms with van der Waals surface area (Å²) in [6.07, 6.45) is 1.83. The summed E-state index contributed by atoms with van der Waals surface area (Å²) in [6, 6.07) is 0. The molecule has 0 saturated heterocycles. The Kier molecular flexibility index (Phi) is 5.44. The van der Waals surface area contributed by atoms with E-state index in [1.165, 1.54) is 0 Å². The van der Waals surface area contributed by atoms with Crippen LogP contribution < -0.4 is 10.2 Å².